The molecule has 0 unspecified atom stereocenters. The van der Waals surface area contributed by atoms with Crippen molar-refractivity contribution in [2.75, 3.05) is 33.8 Å². The second-order valence-electron chi connectivity index (χ2n) is 6.95. The molecule has 6 nitrogen and oxygen atoms in total. The summed E-state index contributed by atoms with van der Waals surface area (Å²) in [6, 6.07) is 7.71. The van der Waals surface area contributed by atoms with Gasteiger partial charge in [-0.15, -0.1) is 0 Å². The van der Waals surface area contributed by atoms with Gasteiger partial charge in [-0.25, -0.2) is 4.68 Å². The number of carbonyl (C=O) groups excluding carboxylic acids is 1. The van der Waals surface area contributed by atoms with Crippen molar-refractivity contribution in [1.29, 1.82) is 0 Å². The zero-order valence-electron chi connectivity index (χ0n) is 15.9. The van der Waals surface area contributed by atoms with Crippen LogP contribution in [0.5, 0.6) is 5.75 Å². The van der Waals surface area contributed by atoms with Crippen LogP contribution in [0.15, 0.2) is 30.5 Å². The molecule has 140 valence electrons. The SMILES string of the molecule is CNCCC1CCN(C(=O)c2ccn(-c3cc(C)ccc3OC)n2)CC1. The molecule has 1 N–H and O–H groups in total. The molecule has 6 heteroatoms. The van der Waals surface area contributed by atoms with Gasteiger partial charge >= 0.3 is 0 Å². The van der Waals surface area contributed by atoms with E-state index in [1.165, 1.54) is 6.42 Å². The Hall–Kier alpha value is -2.34. The monoisotopic (exact) mass is 356 g/mol. The van der Waals surface area contributed by atoms with Crippen molar-refractivity contribution in [1.82, 2.24) is 20.0 Å². The molecule has 0 saturated carbocycles. The Morgan fingerprint density at radius 1 is 1.31 bits per heavy atom. The molecule has 0 atom stereocenters. The van der Waals surface area contributed by atoms with Gasteiger partial charge in [-0.3, -0.25) is 4.79 Å². The lowest BCUT2D eigenvalue weighted by molar-refractivity contribution is 0.0680. The summed E-state index contributed by atoms with van der Waals surface area (Å²) in [4.78, 5) is 14.7. The number of carbonyl (C=O) groups is 1. The van der Waals surface area contributed by atoms with Gasteiger partial charge in [0.1, 0.15) is 11.4 Å². The molecule has 1 fully saturated rings. The molecule has 1 aliphatic heterocycles. The Morgan fingerprint density at radius 3 is 2.77 bits per heavy atom. The lowest BCUT2D eigenvalue weighted by Gasteiger charge is -2.31. The van der Waals surface area contributed by atoms with Crippen molar-refractivity contribution >= 4 is 5.91 Å². The van der Waals surface area contributed by atoms with E-state index in [-0.39, 0.29) is 5.91 Å². The Morgan fingerprint density at radius 2 is 2.08 bits per heavy atom. The predicted octanol–water partition coefficient (Wildman–Crippen LogP) is 2.65. The van der Waals surface area contributed by atoms with E-state index >= 15 is 0 Å². The fourth-order valence-corrected chi connectivity index (χ4v) is 3.49. The number of methoxy groups -OCH3 is 1. The van der Waals surface area contributed by atoms with Crippen LogP contribution in [0.25, 0.3) is 5.69 Å². The van der Waals surface area contributed by atoms with Crippen molar-refractivity contribution in [3.8, 4) is 11.4 Å². The average Bonchev–Trinajstić information content (AvgIpc) is 3.16. The van der Waals surface area contributed by atoms with Gasteiger partial charge in [0.2, 0.25) is 0 Å². The van der Waals surface area contributed by atoms with E-state index in [1.54, 1.807) is 17.9 Å². The summed E-state index contributed by atoms with van der Waals surface area (Å²) in [7, 11) is 3.63. The van der Waals surface area contributed by atoms with Gasteiger partial charge in [0.05, 0.1) is 7.11 Å². The molecular formula is C20H28N4O2. The van der Waals surface area contributed by atoms with E-state index in [9.17, 15) is 4.79 Å². The maximum absolute atomic E-state index is 12.8. The number of hydrogen-bond donors (Lipinski definition) is 1. The molecule has 1 aliphatic rings. The topological polar surface area (TPSA) is 59.4 Å². The Labute approximate surface area is 155 Å². The number of aromatic nitrogens is 2. The number of amides is 1. The van der Waals surface area contributed by atoms with E-state index in [4.69, 9.17) is 4.74 Å². The maximum atomic E-state index is 12.8. The van der Waals surface area contributed by atoms with Gasteiger partial charge in [-0.2, -0.15) is 5.10 Å². The summed E-state index contributed by atoms with van der Waals surface area (Å²) in [5, 5.41) is 7.71. The first-order valence-corrected chi connectivity index (χ1v) is 9.27. The normalized spacial score (nSPS) is 15.3. The van der Waals surface area contributed by atoms with Crippen LogP contribution in [-0.2, 0) is 0 Å². The number of ether oxygens (including phenoxy) is 1. The fourth-order valence-electron chi connectivity index (χ4n) is 3.49. The van der Waals surface area contributed by atoms with E-state index in [0.29, 0.717) is 11.6 Å². The molecule has 0 radical (unpaired) electrons. The van der Waals surface area contributed by atoms with Crippen molar-refractivity contribution in [3.05, 3.63) is 41.7 Å². The minimum absolute atomic E-state index is 0.0161. The standard InChI is InChI=1S/C20H28N4O2/c1-15-4-5-19(26-3)18(14-15)24-13-9-17(22-24)20(25)23-11-7-16(8-12-23)6-10-21-2/h4-5,9,13-14,16,21H,6-8,10-12H2,1-3H3. The van der Waals surface area contributed by atoms with Crippen molar-refractivity contribution < 1.29 is 9.53 Å². The average molecular weight is 356 g/mol. The van der Waals surface area contributed by atoms with Gasteiger partial charge in [0.25, 0.3) is 5.91 Å². The molecule has 3 rings (SSSR count). The number of nitrogens with one attached hydrogen (secondary N) is 1. The van der Waals surface area contributed by atoms with Crippen LogP contribution in [-0.4, -0.2) is 54.4 Å². The Balaban J connectivity index is 1.69. The molecule has 26 heavy (non-hydrogen) atoms. The lowest BCUT2D eigenvalue weighted by atomic mass is 9.93. The van der Waals surface area contributed by atoms with E-state index in [0.717, 1.165) is 49.5 Å². The number of nitrogens with zero attached hydrogens (tertiary/aromatic N) is 3. The molecular weight excluding hydrogens is 328 g/mol. The van der Waals surface area contributed by atoms with Crippen molar-refractivity contribution in [3.63, 3.8) is 0 Å². The Kier molecular flexibility index (Phi) is 5.93. The zero-order chi connectivity index (χ0) is 18.5. The van der Waals surface area contributed by atoms with Gasteiger partial charge in [0, 0.05) is 19.3 Å². The third kappa shape index (κ3) is 4.07. The minimum Gasteiger partial charge on any atom is -0.494 e. The molecule has 2 aromatic rings. The molecule has 1 saturated heterocycles. The van der Waals surface area contributed by atoms with Crippen LogP contribution in [0.4, 0.5) is 0 Å². The number of piperidine rings is 1. The molecule has 1 aromatic heterocycles. The van der Waals surface area contributed by atoms with Gasteiger partial charge in [-0.1, -0.05) is 6.07 Å². The van der Waals surface area contributed by atoms with Crippen LogP contribution in [0, 0.1) is 12.8 Å². The first kappa shape index (κ1) is 18.5. The summed E-state index contributed by atoms with van der Waals surface area (Å²) in [6.07, 6.45) is 5.14. The largest absolute Gasteiger partial charge is 0.494 e. The minimum atomic E-state index is 0.0161. The molecule has 1 amide bonds. The van der Waals surface area contributed by atoms with Crippen LogP contribution < -0.4 is 10.1 Å². The summed E-state index contributed by atoms with van der Waals surface area (Å²) in [5.41, 5.74) is 2.45. The summed E-state index contributed by atoms with van der Waals surface area (Å²) in [6.45, 7) is 4.69. The van der Waals surface area contributed by atoms with Crippen LogP contribution >= 0.6 is 0 Å². The third-order valence-electron chi connectivity index (χ3n) is 5.09. The smallest absolute Gasteiger partial charge is 0.274 e. The predicted molar refractivity (Wildman–Crippen MR) is 102 cm³/mol. The van der Waals surface area contributed by atoms with Crippen molar-refractivity contribution in [2.24, 2.45) is 5.92 Å². The lowest BCUT2D eigenvalue weighted by Crippen LogP contribution is -2.39. The van der Waals surface area contributed by atoms with Gasteiger partial charge < -0.3 is 15.0 Å². The van der Waals surface area contributed by atoms with Gasteiger partial charge in [-0.05, 0) is 69.5 Å². The van der Waals surface area contributed by atoms with E-state index in [1.807, 2.05) is 43.3 Å². The van der Waals surface area contributed by atoms with Crippen molar-refractivity contribution in [2.45, 2.75) is 26.2 Å². The number of aryl methyl sites for hydroxylation is 1. The highest BCUT2D eigenvalue weighted by atomic mass is 16.5. The fraction of sp³-hybridized carbons (Fsp3) is 0.500. The molecule has 1 aromatic carbocycles. The molecule has 0 bridgehead atoms. The van der Waals surface area contributed by atoms with Crippen LogP contribution in [0.3, 0.4) is 0 Å². The second kappa shape index (κ2) is 8.36. The highest BCUT2D eigenvalue weighted by Crippen LogP contribution is 2.24. The highest BCUT2D eigenvalue weighted by Gasteiger charge is 2.25. The van der Waals surface area contributed by atoms with Crippen LogP contribution in [0.2, 0.25) is 0 Å². The number of rotatable bonds is 6. The molecule has 0 spiro atoms. The van der Waals surface area contributed by atoms with Crippen LogP contribution in [0.1, 0.15) is 35.3 Å². The molecule has 0 aliphatic carbocycles. The second-order valence-corrected chi connectivity index (χ2v) is 6.95. The number of likely N-dealkylation sites (tertiary alicyclic amines) is 1. The third-order valence-corrected chi connectivity index (χ3v) is 5.09. The summed E-state index contributed by atoms with van der Waals surface area (Å²) < 4.78 is 7.14. The first-order valence-electron chi connectivity index (χ1n) is 9.27. The highest BCUT2D eigenvalue weighted by molar-refractivity contribution is 5.92. The number of hydrogen-bond acceptors (Lipinski definition) is 4. The molecule has 2 heterocycles. The first-order chi connectivity index (χ1) is 12.6. The maximum Gasteiger partial charge on any atom is 0.274 e. The van der Waals surface area contributed by atoms with E-state index < -0.39 is 0 Å². The van der Waals surface area contributed by atoms with E-state index in [2.05, 4.69) is 10.4 Å². The quantitative estimate of drug-likeness (QED) is 0.864. The summed E-state index contributed by atoms with van der Waals surface area (Å²) >= 11 is 0. The Bertz CT molecular complexity index is 748. The zero-order valence-corrected chi connectivity index (χ0v) is 15.9. The number of benzene rings is 1. The summed E-state index contributed by atoms with van der Waals surface area (Å²) in [5.74, 6) is 1.46. The van der Waals surface area contributed by atoms with Gasteiger partial charge in [0.15, 0.2) is 5.69 Å².